The minimum atomic E-state index is -0.556. The van der Waals surface area contributed by atoms with Crippen molar-refractivity contribution in [1.82, 2.24) is 10.6 Å². The maximum Gasteiger partial charge on any atom is 0.407 e. The van der Waals surface area contributed by atoms with Gasteiger partial charge in [0.25, 0.3) is 0 Å². The van der Waals surface area contributed by atoms with Gasteiger partial charge in [-0.05, 0) is 58.6 Å². The van der Waals surface area contributed by atoms with Gasteiger partial charge in [-0.15, -0.1) is 0 Å². The van der Waals surface area contributed by atoms with E-state index >= 15 is 0 Å². The van der Waals surface area contributed by atoms with Gasteiger partial charge in [-0.2, -0.15) is 0 Å². The fraction of sp³-hybridized carbons (Fsp3) is 0.600. The molecular weight excluding hydrogens is 368 g/mol. The Kier molecular flexibility index (Phi) is 6.98. The highest BCUT2D eigenvalue weighted by molar-refractivity contribution is 6.32. The van der Waals surface area contributed by atoms with Crippen LogP contribution in [0.15, 0.2) is 24.3 Å². The quantitative estimate of drug-likeness (QED) is 0.698. The molecule has 7 heteroatoms. The summed E-state index contributed by atoms with van der Waals surface area (Å²) < 4.78 is 10.8. The Balaban J connectivity index is 1.81. The second-order valence-electron chi connectivity index (χ2n) is 8.12. The largest absolute Gasteiger partial charge is 0.491 e. The van der Waals surface area contributed by atoms with Gasteiger partial charge in [0.2, 0.25) is 5.91 Å². The van der Waals surface area contributed by atoms with Crippen LogP contribution < -0.4 is 15.4 Å². The van der Waals surface area contributed by atoms with Crippen LogP contribution in [0.2, 0.25) is 5.02 Å². The molecule has 0 aliphatic heterocycles. The molecule has 0 radical (unpaired) electrons. The molecule has 0 spiro atoms. The van der Waals surface area contributed by atoms with E-state index in [1.54, 1.807) is 12.1 Å². The summed E-state index contributed by atoms with van der Waals surface area (Å²) in [7, 11) is 0. The van der Waals surface area contributed by atoms with Crippen molar-refractivity contribution < 1.29 is 19.1 Å². The lowest BCUT2D eigenvalue weighted by Gasteiger charge is -2.32. The van der Waals surface area contributed by atoms with Gasteiger partial charge >= 0.3 is 6.09 Å². The molecule has 2 N–H and O–H groups in total. The molecule has 1 saturated carbocycles. The molecule has 1 fully saturated rings. The van der Waals surface area contributed by atoms with E-state index in [0.717, 1.165) is 12.8 Å². The molecule has 1 aromatic rings. The van der Waals surface area contributed by atoms with E-state index in [2.05, 4.69) is 10.6 Å². The molecular formula is C20H29ClN2O4. The molecule has 2 rings (SSSR count). The summed E-state index contributed by atoms with van der Waals surface area (Å²) in [4.78, 5) is 24.3. The average Bonchev–Trinajstić information content (AvgIpc) is 3.39. The van der Waals surface area contributed by atoms with Crippen molar-refractivity contribution in [3.63, 3.8) is 0 Å². The highest BCUT2D eigenvalue weighted by Crippen LogP contribution is 2.39. The molecule has 1 atom stereocenters. The number of hydrogen-bond donors (Lipinski definition) is 2. The number of rotatable bonds is 8. The first-order chi connectivity index (χ1) is 12.6. The zero-order valence-corrected chi connectivity index (χ0v) is 17.2. The van der Waals surface area contributed by atoms with Crippen LogP contribution in [0.4, 0.5) is 4.79 Å². The van der Waals surface area contributed by atoms with Crippen molar-refractivity contribution >= 4 is 23.6 Å². The van der Waals surface area contributed by atoms with Gasteiger partial charge < -0.3 is 20.1 Å². The molecule has 27 heavy (non-hydrogen) atoms. The van der Waals surface area contributed by atoms with Crippen molar-refractivity contribution in [2.75, 3.05) is 13.2 Å². The van der Waals surface area contributed by atoms with E-state index in [4.69, 9.17) is 21.1 Å². The Labute approximate surface area is 165 Å². The highest BCUT2D eigenvalue weighted by Gasteiger charge is 2.42. The molecule has 1 aromatic carbocycles. The zero-order valence-electron chi connectivity index (χ0n) is 16.4. The average molecular weight is 397 g/mol. The summed E-state index contributed by atoms with van der Waals surface area (Å²) >= 11 is 6.03. The Morgan fingerprint density at radius 3 is 2.44 bits per heavy atom. The number of benzene rings is 1. The summed E-state index contributed by atoms with van der Waals surface area (Å²) in [6, 6.07) is 7.15. The Morgan fingerprint density at radius 2 is 1.85 bits per heavy atom. The summed E-state index contributed by atoms with van der Waals surface area (Å²) in [5.41, 5.74) is -1.06. The number of hydrogen-bond acceptors (Lipinski definition) is 4. The Hall–Kier alpha value is -1.95. The molecule has 6 nitrogen and oxygen atoms in total. The van der Waals surface area contributed by atoms with Crippen LogP contribution in [-0.4, -0.2) is 36.3 Å². The summed E-state index contributed by atoms with van der Waals surface area (Å²) in [6.45, 7) is 7.95. The van der Waals surface area contributed by atoms with Crippen LogP contribution in [0, 0.1) is 5.92 Å². The van der Waals surface area contributed by atoms with Crippen molar-refractivity contribution in [2.24, 2.45) is 5.92 Å². The topological polar surface area (TPSA) is 76.7 Å². The first-order valence-corrected chi connectivity index (χ1v) is 9.62. The van der Waals surface area contributed by atoms with Crippen LogP contribution in [0.5, 0.6) is 5.75 Å². The SMILES string of the molecule is CC(C)(C)OC(=O)NCC(C)(NC(=O)CCOc1ccccc1Cl)C1CC1. The second-order valence-corrected chi connectivity index (χ2v) is 8.53. The number of nitrogens with one attached hydrogen (secondary N) is 2. The number of ether oxygens (including phenoxy) is 2. The molecule has 1 unspecified atom stereocenters. The molecule has 0 aromatic heterocycles. The smallest absolute Gasteiger partial charge is 0.407 e. The number of carbonyl (C=O) groups excluding carboxylic acids is 2. The molecule has 0 heterocycles. The first-order valence-electron chi connectivity index (χ1n) is 9.24. The maximum absolute atomic E-state index is 12.4. The standard InChI is InChI=1S/C20H29ClN2O4/c1-19(2,3)27-18(25)22-13-20(4,14-9-10-14)23-17(24)11-12-26-16-8-6-5-7-15(16)21/h5-8,14H,9-13H2,1-4H3,(H,22,25)(H,23,24). The summed E-state index contributed by atoms with van der Waals surface area (Å²) in [5, 5.41) is 6.34. The van der Waals surface area contributed by atoms with E-state index in [1.807, 2.05) is 39.8 Å². The predicted octanol–water partition coefficient (Wildman–Crippen LogP) is 3.92. The Bertz CT molecular complexity index is 670. The van der Waals surface area contributed by atoms with Gasteiger partial charge in [-0.3, -0.25) is 4.79 Å². The highest BCUT2D eigenvalue weighted by atomic mass is 35.5. The first kappa shape index (κ1) is 21.4. The van der Waals surface area contributed by atoms with Crippen molar-refractivity contribution in [2.45, 2.75) is 58.1 Å². The Morgan fingerprint density at radius 1 is 1.19 bits per heavy atom. The number of amides is 2. The monoisotopic (exact) mass is 396 g/mol. The molecule has 0 saturated heterocycles. The van der Waals surface area contributed by atoms with Crippen molar-refractivity contribution in [1.29, 1.82) is 0 Å². The fourth-order valence-corrected chi connectivity index (χ4v) is 2.97. The lowest BCUT2D eigenvalue weighted by Crippen LogP contribution is -2.55. The molecule has 1 aliphatic carbocycles. The minimum absolute atomic E-state index is 0.123. The van der Waals surface area contributed by atoms with Gasteiger partial charge in [0.05, 0.1) is 23.6 Å². The van der Waals surface area contributed by atoms with Gasteiger partial charge in [0.15, 0.2) is 0 Å². The zero-order chi connectivity index (χ0) is 20.1. The van der Waals surface area contributed by atoms with E-state index in [0.29, 0.717) is 23.2 Å². The molecule has 150 valence electrons. The van der Waals surface area contributed by atoms with Gasteiger partial charge in [-0.25, -0.2) is 4.79 Å². The molecule has 2 amide bonds. The fourth-order valence-electron chi connectivity index (χ4n) is 2.78. The number of halogens is 1. The lowest BCUT2D eigenvalue weighted by molar-refractivity contribution is -0.123. The van der Waals surface area contributed by atoms with E-state index in [-0.39, 0.29) is 18.9 Å². The molecule has 0 bridgehead atoms. The maximum atomic E-state index is 12.4. The number of para-hydroxylation sites is 1. The van der Waals surface area contributed by atoms with E-state index in [9.17, 15) is 9.59 Å². The van der Waals surface area contributed by atoms with Crippen molar-refractivity contribution in [3.05, 3.63) is 29.3 Å². The third kappa shape index (κ3) is 7.29. The minimum Gasteiger partial charge on any atom is -0.491 e. The van der Waals surface area contributed by atoms with Crippen LogP contribution >= 0.6 is 11.6 Å². The second kappa shape index (κ2) is 8.83. The number of carbonyl (C=O) groups is 2. The normalized spacial score (nSPS) is 16.2. The van der Waals surface area contributed by atoms with Gasteiger partial charge in [0, 0.05) is 6.54 Å². The lowest BCUT2D eigenvalue weighted by atomic mass is 9.95. The van der Waals surface area contributed by atoms with Gasteiger partial charge in [-0.1, -0.05) is 23.7 Å². The van der Waals surface area contributed by atoms with Crippen LogP contribution in [-0.2, 0) is 9.53 Å². The third-order valence-electron chi connectivity index (χ3n) is 4.33. The molecule has 1 aliphatic rings. The third-order valence-corrected chi connectivity index (χ3v) is 4.64. The van der Waals surface area contributed by atoms with Crippen LogP contribution in [0.1, 0.15) is 47.0 Å². The number of alkyl carbamates (subject to hydrolysis) is 1. The van der Waals surface area contributed by atoms with Crippen LogP contribution in [0.25, 0.3) is 0 Å². The van der Waals surface area contributed by atoms with E-state index < -0.39 is 17.2 Å². The predicted molar refractivity (Wildman–Crippen MR) is 105 cm³/mol. The van der Waals surface area contributed by atoms with E-state index in [1.165, 1.54) is 0 Å². The van der Waals surface area contributed by atoms with Gasteiger partial charge in [0.1, 0.15) is 11.4 Å². The summed E-state index contributed by atoms with van der Waals surface area (Å²) in [6.07, 6.45) is 1.79. The van der Waals surface area contributed by atoms with Crippen LogP contribution in [0.3, 0.4) is 0 Å². The van der Waals surface area contributed by atoms with Crippen molar-refractivity contribution in [3.8, 4) is 5.75 Å². The summed E-state index contributed by atoms with van der Waals surface area (Å²) in [5.74, 6) is 0.784.